The SMILES string of the molecule is CCn1c(-c2cnn(C)c2C)n[nH]c1=O. The Kier molecular flexibility index (Phi) is 2.18. The molecule has 0 amide bonds. The van der Waals surface area contributed by atoms with E-state index in [9.17, 15) is 4.79 Å². The number of aryl methyl sites for hydroxylation is 1. The van der Waals surface area contributed by atoms with E-state index in [2.05, 4.69) is 15.3 Å². The van der Waals surface area contributed by atoms with Gasteiger partial charge < -0.3 is 0 Å². The van der Waals surface area contributed by atoms with E-state index in [0.717, 1.165) is 11.3 Å². The zero-order valence-electron chi connectivity index (χ0n) is 8.98. The second-order valence-electron chi connectivity index (χ2n) is 3.36. The van der Waals surface area contributed by atoms with Crippen molar-refractivity contribution in [1.29, 1.82) is 0 Å². The van der Waals surface area contributed by atoms with Crippen molar-refractivity contribution in [2.75, 3.05) is 0 Å². The molecular weight excluding hydrogens is 194 g/mol. The van der Waals surface area contributed by atoms with Crippen molar-refractivity contribution < 1.29 is 0 Å². The maximum absolute atomic E-state index is 11.4. The van der Waals surface area contributed by atoms with Crippen molar-refractivity contribution >= 4 is 0 Å². The summed E-state index contributed by atoms with van der Waals surface area (Å²) in [6.07, 6.45) is 1.72. The van der Waals surface area contributed by atoms with E-state index in [1.54, 1.807) is 15.4 Å². The molecule has 6 heteroatoms. The van der Waals surface area contributed by atoms with Crippen molar-refractivity contribution in [3.8, 4) is 11.4 Å². The third kappa shape index (κ3) is 1.38. The molecule has 0 fully saturated rings. The summed E-state index contributed by atoms with van der Waals surface area (Å²) in [4.78, 5) is 11.4. The number of hydrogen-bond acceptors (Lipinski definition) is 3. The molecule has 0 aliphatic carbocycles. The fraction of sp³-hybridized carbons (Fsp3) is 0.444. The second-order valence-corrected chi connectivity index (χ2v) is 3.36. The zero-order chi connectivity index (χ0) is 11.0. The van der Waals surface area contributed by atoms with E-state index < -0.39 is 0 Å². The van der Waals surface area contributed by atoms with Crippen molar-refractivity contribution in [2.45, 2.75) is 20.4 Å². The normalized spacial score (nSPS) is 10.9. The van der Waals surface area contributed by atoms with Gasteiger partial charge in [-0.2, -0.15) is 10.2 Å². The van der Waals surface area contributed by atoms with Gasteiger partial charge in [-0.15, -0.1) is 0 Å². The number of nitrogens with one attached hydrogen (secondary N) is 1. The first-order valence-electron chi connectivity index (χ1n) is 4.79. The van der Waals surface area contributed by atoms with Crippen LogP contribution in [0.4, 0.5) is 0 Å². The maximum Gasteiger partial charge on any atom is 0.343 e. The number of aromatic amines is 1. The predicted molar refractivity (Wildman–Crippen MR) is 55.5 cm³/mol. The average molecular weight is 207 g/mol. The van der Waals surface area contributed by atoms with Crippen molar-refractivity contribution in [1.82, 2.24) is 24.5 Å². The molecule has 6 nitrogen and oxygen atoms in total. The first-order chi connectivity index (χ1) is 7.15. The van der Waals surface area contributed by atoms with Gasteiger partial charge in [0.15, 0.2) is 5.82 Å². The van der Waals surface area contributed by atoms with Gasteiger partial charge in [0.05, 0.1) is 11.8 Å². The van der Waals surface area contributed by atoms with Gasteiger partial charge in [-0.1, -0.05) is 0 Å². The lowest BCUT2D eigenvalue weighted by Crippen LogP contribution is -2.16. The van der Waals surface area contributed by atoms with Crippen LogP contribution in [0.1, 0.15) is 12.6 Å². The van der Waals surface area contributed by atoms with Crippen LogP contribution < -0.4 is 5.69 Å². The molecule has 0 aromatic carbocycles. The third-order valence-electron chi connectivity index (χ3n) is 2.55. The molecule has 2 rings (SSSR count). The lowest BCUT2D eigenvalue weighted by molar-refractivity contribution is 0.731. The average Bonchev–Trinajstić information content (AvgIpc) is 2.73. The van der Waals surface area contributed by atoms with E-state index >= 15 is 0 Å². The highest BCUT2D eigenvalue weighted by molar-refractivity contribution is 5.56. The molecule has 0 spiro atoms. The first kappa shape index (κ1) is 9.70. The van der Waals surface area contributed by atoms with Gasteiger partial charge in [0.1, 0.15) is 0 Å². The first-order valence-corrected chi connectivity index (χ1v) is 4.79. The van der Waals surface area contributed by atoms with Crippen LogP contribution in [0.25, 0.3) is 11.4 Å². The fourth-order valence-electron chi connectivity index (χ4n) is 1.53. The molecule has 15 heavy (non-hydrogen) atoms. The van der Waals surface area contributed by atoms with Gasteiger partial charge in [0.25, 0.3) is 0 Å². The van der Waals surface area contributed by atoms with Crippen LogP contribution in [0.2, 0.25) is 0 Å². The molecule has 2 heterocycles. The fourth-order valence-corrected chi connectivity index (χ4v) is 1.53. The Bertz CT molecular complexity index is 533. The molecular formula is C9H13N5O. The summed E-state index contributed by atoms with van der Waals surface area (Å²) in [7, 11) is 1.86. The number of rotatable bonds is 2. The quantitative estimate of drug-likeness (QED) is 0.770. The van der Waals surface area contributed by atoms with Crippen LogP contribution in [0.5, 0.6) is 0 Å². The molecule has 0 radical (unpaired) electrons. The van der Waals surface area contributed by atoms with Crippen LogP contribution in [0.3, 0.4) is 0 Å². The second kappa shape index (κ2) is 3.38. The minimum Gasteiger partial charge on any atom is -0.275 e. The minimum absolute atomic E-state index is 0.184. The molecule has 0 aliphatic heterocycles. The number of aromatic nitrogens is 5. The topological polar surface area (TPSA) is 68.5 Å². The molecule has 0 bridgehead atoms. The van der Waals surface area contributed by atoms with Crippen LogP contribution in [0, 0.1) is 6.92 Å². The standard InChI is InChI=1S/C9H13N5O/c1-4-14-8(11-12-9(14)15)7-5-10-13(3)6(7)2/h5H,4H2,1-3H3,(H,12,15). The highest BCUT2D eigenvalue weighted by atomic mass is 16.1. The Balaban J connectivity index is 2.64. The molecule has 0 saturated carbocycles. The smallest absolute Gasteiger partial charge is 0.275 e. The summed E-state index contributed by atoms with van der Waals surface area (Å²) in [5.74, 6) is 0.646. The lowest BCUT2D eigenvalue weighted by atomic mass is 10.2. The Labute approximate surface area is 86.5 Å². The maximum atomic E-state index is 11.4. The molecule has 1 N–H and O–H groups in total. The van der Waals surface area contributed by atoms with Gasteiger partial charge in [0, 0.05) is 19.3 Å². The van der Waals surface area contributed by atoms with Gasteiger partial charge in [0.2, 0.25) is 0 Å². The minimum atomic E-state index is -0.184. The number of hydrogen-bond donors (Lipinski definition) is 1. The van der Waals surface area contributed by atoms with Crippen LogP contribution in [-0.2, 0) is 13.6 Å². The zero-order valence-corrected chi connectivity index (χ0v) is 8.98. The highest BCUT2D eigenvalue weighted by Gasteiger charge is 2.13. The Morgan fingerprint density at radius 3 is 2.80 bits per heavy atom. The van der Waals surface area contributed by atoms with E-state index in [1.807, 2.05) is 20.9 Å². The van der Waals surface area contributed by atoms with E-state index in [1.165, 1.54) is 0 Å². The predicted octanol–water partition coefficient (Wildman–Crippen LogP) is 0.300. The molecule has 0 unspecified atom stereocenters. The van der Waals surface area contributed by atoms with Gasteiger partial charge in [-0.3, -0.25) is 9.25 Å². The van der Waals surface area contributed by atoms with Crippen LogP contribution in [0.15, 0.2) is 11.0 Å². The summed E-state index contributed by atoms with van der Waals surface area (Å²) in [5, 5.41) is 10.6. The summed E-state index contributed by atoms with van der Waals surface area (Å²) < 4.78 is 3.35. The van der Waals surface area contributed by atoms with E-state index in [-0.39, 0.29) is 5.69 Å². The van der Waals surface area contributed by atoms with E-state index in [4.69, 9.17) is 0 Å². The monoisotopic (exact) mass is 207 g/mol. The van der Waals surface area contributed by atoms with Gasteiger partial charge in [-0.25, -0.2) is 9.89 Å². The molecule has 0 atom stereocenters. The Morgan fingerprint density at radius 1 is 1.53 bits per heavy atom. The summed E-state index contributed by atoms with van der Waals surface area (Å²) in [6.45, 7) is 4.45. The Morgan fingerprint density at radius 2 is 2.27 bits per heavy atom. The van der Waals surface area contributed by atoms with Crippen LogP contribution >= 0.6 is 0 Å². The summed E-state index contributed by atoms with van der Waals surface area (Å²) in [6, 6.07) is 0. The summed E-state index contributed by atoms with van der Waals surface area (Å²) in [5.41, 5.74) is 1.69. The van der Waals surface area contributed by atoms with Crippen molar-refractivity contribution in [3.63, 3.8) is 0 Å². The van der Waals surface area contributed by atoms with Crippen LogP contribution in [-0.4, -0.2) is 24.5 Å². The molecule has 0 saturated heterocycles. The van der Waals surface area contributed by atoms with Gasteiger partial charge in [-0.05, 0) is 13.8 Å². The molecule has 2 aromatic heterocycles. The molecule has 0 aliphatic rings. The number of nitrogens with zero attached hydrogens (tertiary/aromatic N) is 4. The van der Waals surface area contributed by atoms with Crippen molar-refractivity contribution in [2.24, 2.45) is 7.05 Å². The van der Waals surface area contributed by atoms with E-state index in [0.29, 0.717) is 12.4 Å². The molecule has 2 aromatic rings. The summed E-state index contributed by atoms with van der Waals surface area (Å²) >= 11 is 0. The molecule has 80 valence electrons. The van der Waals surface area contributed by atoms with Gasteiger partial charge >= 0.3 is 5.69 Å². The highest BCUT2D eigenvalue weighted by Crippen LogP contribution is 2.18. The number of H-pyrrole nitrogens is 1. The largest absolute Gasteiger partial charge is 0.343 e. The van der Waals surface area contributed by atoms with Crippen molar-refractivity contribution in [3.05, 3.63) is 22.4 Å². The third-order valence-corrected chi connectivity index (χ3v) is 2.55. The Hall–Kier alpha value is -1.85. The lowest BCUT2D eigenvalue weighted by Gasteiger charge is -2.01.